The minimum absolute atomic E-state index is 0.00719. The van der Waals surface area contributed by atoms with Gasteiger partial charge in [-0.3, -0.25) is 4.79 Å². The smallest absolute Gasteiger partial charge is 0.239 e. The second-order valence-electron chi connectivity index (χ2n) is 4.67. The summed E-state index contributed by atoms with van der Waals surface area (Å²) >= 11 is 0. The molecule has 1 atom stereocenters. The number of amides is 1. The monoisotopic (exact) mass is 232 g/mol. The Morgan fingerprint density at radius 2 is 2.18 bits per heavy atom. The molecule has 1 aromatic carbocycles. The average molecular weight is 232 g/mol. The number of hydrogen-bond acceptors (Lipinski definition) is 2. The number of aryl methyl sites for hydroxylation is 1. The van der Waals surface area contributed by atoms with E-state index in [4.69, 9.17) is 0 Å². The van der Waals surface area contributed by atoms with Crippen LogP contribution < -0.4 is 5.32 Å². The molecule has 3 nitrogen and oxygen atoms in total. The van der Waals surface area contributed by atoms with E-state index in [1.54, 1.807) is 0 Å². The van der Waals surface area contributed by atoms with Gasteiger partial charge in [0.15, 0.2) is 0 Å². The molecule has 3 heteroatoms. The van der Waals surface area contributed by atoms with Crippen molar-refractivity contribution in [1.29, 1.82) is 0 Å². The molecule has 0 aromatic heterocycles. The van der Waals surface area contributed by atoms with Gasteiger partial charge in [-0.15, -0.1) is 0 Å². The van der Waals surface area contributed by atoms with Crippen LogP contribution in [0.5, 0.6) is 0 Å². The van der Waals surface area contributed by atoms with Crippen molar-refractivity contribution in [3.8, 4) is 0 Å². The molecule has 1 unspecified atom stereocenters. The van der Waals surface area contributed by atoms with E-state index in [0.29, 0.717) is 0 Å². The summed E-state index contributed by atoms with van der Waals surface area (Å²) in [4.78, 5) is 14.1. The number of benzene rings is 1. The van der Waals surface area contributed by atoms with Gasteiger partial charge in [0.2, 0.25) is 5.91 Å². The number of nitrogens with one attached hydrogen (secondary N) is 1. The van der Waals surface area contributed by atoms with Gasteiger partial charge in [-0.05, 0) is 37.9 Å². The SMILES string of the molecule is CNC1CCCN(Cc2ccccc2C)C1=O. The molecule has 0 aliphatic carbocycles. The van der Waals surface area contributed by atoms with Crippen LogP contribution in [0.4, 0.5) is 0 Å². The third-order valence-corrected chi connectivity index (χ3v) is 3.50. The largest absolute Gasteiger partial charge is 0.337 e. The van der Waals surface area contributed by atoms with E-state index >= 15 is 0 Å². The normalized spacial score (nSPS) is 20.7. The van der Waals surface area contributed by atoms with Crippen molar-refractivity contribution in [3.63, 3.8) is 0 Å². The molecule has 92 valence electrons. The number of likely N-dealkylation sites (tertiary alicyclic amines) is 1. The number of rotatable bonds is 3. The summed E-state index contributed by atoms with van der Waals surface area (Å²) in [6, 6.07) is 8.28. The molecule has 0 spiro atoms. The number of nitrogens with zero attached hydrogens (tertiary/aromatic N) is 1. The molecule has 2 rings (SSSR count). The highest BCUT2D eigenvalue weighted by Gasteiger charge is 2.27. The van der Waals surface area contributed by atoms with Gasteiger partial charge in [-0.2, -0.15) is 0 Å². The fourth-order valence-electron chi connectivity index (χ4n) is 2.36. The minimum atomic E-state index is 0.00719. The van der Waals surface area contributed by atoms with E-state index < -0.39 is 0 Å². The molecule has 1 aromatic rings. The first kappa shape index (κ1) is 12.1. The topological polar surface area (TPSA) is 32.3 Å². The highest BCUT2D eigenvalue weighted by molar-refractivity contribution is 5.82. The van der Waals surface area contributed by atoms with Crippen molar-refractivity contribution < 1.29 is 4.79 Å². The summed E-state index contributed by atoms with van der Waals surface area (Å²) in [5, 5.41) is 3.09. The molecule has 17 heavy (non-hydrogen) atoms. The van der Waals surface area contributed by atoms with Crippen LogP contribution in [0.2, 0.25) is 0 Å². The van der Waals surface area contributed by atoms with Crippen molar-refractivity contribution >= 4 is 5.91 Å². The van der Waals surface area contributed by atoms with Crippen molar-refractivity contribution in [2.24, 2.45) is 0 Å². The van der Waals surface area contributed by atoms with Crippen LogP contribution in [-0.2, 0) is 11.3 Å². The Labute approximate surface area is 103 Å². The summed E-state index contributed by atoms with van der Waals surface area (Å²) in [7, 11) is 1.86. The quantitative estimate of drug-likeness (QED) is 0.860. The van der Waals surface area contributed by atoms with E-state index in [-0.39, 0.29) is 11.9 Å². The van der Waals surface area contributed by atoms with Crippen molar-refractivity contribution in [2.45, 2.75) is 32.4 Å². The molecule has 0 bridgehead atoms. The third-order valence-electron chi connectivity index (χ3n) is 3.50. The molecular formula is C14H20N2O. The van der Waals surface area contributed by atoms with E-state index in [9.17, 15) is 4.79 Å². The molecule has 1 fully saturated rings. The Morgan fingerprint density at radius 1 is 1.41 bits per heavy atom. The second kappa shape index (κ2) is 5.32. The molecule has 1 aliphatic rings. The predicted octanol–water partition coefficient (Wildman–Crippen LogP) is 1.71. The van der Waals surface area contributed by atoms with Gasteiger partial charge in [0, 0.05) is 13.1 Å². The van der Waals surface area contributed by atoms with Gasteiger partial charge in [0.25, 0.3) is 0 Å². The van der Waals surface area contributed by atoms with Crippen LogP contribution >= 0.6 is 0 Å². The van der Waals surface area contributed by atoms with E-state index in [1.807, 2.05) is 24.1 Å². The Hall–Kier alpha value is -1.35. The fourth-order valence-corrected chi connectivity index (χ4v) is 2.36. The number of carbonyl (C=O) groups excluding carboxylic acids is 1. The fraction of sp³-hybridized carbons (Fsp3) is 0.500. The number of hydrogen-bond donors (Lipinski definition) is 1. The van der Waals surface area contributed by atoms with Crippen LogP contribution in [0.1, 0.15) is 24.0 Å². The van der Waals surface area contributed by atoms with Crippen LogP contribution in [0.25, 0.3) is 0 Å². The number of likely N-dealkylation sites (N-methyl/N-ethyl adjacent to an activating group) is 1. The lowest BCUT2D eigenvalue weighted by Gasteiger charge is -2.32. The molecule has 0 radical (unpaired) electrons. The Bertz CT molecular complexity index is 403. The average Bonchev–Trinajstić information content (AvgIpc) is 2.34. The van der Waals surface area contributed by atoms with Crippen LogP contribution in [0.15, 0.2) is 24.3 Å². The summed E-state index contributed by atoms with van der Waals surface area (Å²) < 4.78 is 0. The first-order valence-electron chi connectivity index (χ1n) is 6.23. The molecule has 0 saturated carbocycles. The highest BCUT2D eigenvalue weighted by Crippen LogP contribution is 2.16. The lowest BCUT2D eigenvalue weighted by Crippen LogP contribution is -2.49. The summed E-state index contributed by atoms with van der Waals surface area (Å²) in [5.74, 6) is 0.238. The standard InChI is InChI=1S/C14H20N2O/c1-11-6-3-4-7-12(11)10-16-9-5-8-13(15-2)14(16)17/h3-4,6-7,13,15H,5,8-10H2,1-2H3. The third kappa shape index (κ3) is 2.67. The Morgan fingerprint density at radius 3 is 2.88 bits per heavy atom. The number of carbonyl (C=O) groups is 1. The maximum absolute atomic E-state index is 12.1. The van der Waals surface area contributed by atoms with E-state index in [2.05, 4.69) is 24.4 Å². The first-order valence-corrected chi connectivity index (χ1v) is 6.23. The molecule has 1 N–H and O–H groups in total. The van der Waals surface area contributed by atoms with Crippen molar-refractivity contribution in [3.05, 3.63) is 35.4 Å². The van der Waals surface area contributed by atoms with Gasteiger partial charge in [-0.1, -0.05) is 24.3 Å². The lowest BCUT2D eigenvalue weighted by molar-refractivity contribution is -0.136. The maximum atomic E-state index is 12.1. The lowest BCUT2D eigenvalue weighted by atomic mass is 10.0. The molecular weight excluding hydrogens is 212 g/mol. The van der Waals surface area contributed by atoms with Gasteiger partial charge in [0.1, 0.15) is 0 Å². The van der Waals surface area contributed by atoms with E-state index in [0.717, 1.165) is 25.9 Å². The Kier molecular flexibility index (Phi) is 3.79. The molecule has 1 amide bonds. The zero-order valence-corrected chi connectivity index (χ0v) is 10.6. The minimum Gasteiger partial charge on any atom is -0.337 e. The van der Waals surface area contributed by atoms with Crippen LogP contribution in [0.3, 0.4) is 0 Å². The van der Waals surface area contributed by atoms with Crippen LogP contribution in [-0.4, -0.2) is 30.4 Å². The zero-order chi connectivity index (χ0) is 12.3. The zero-order valence-electron chi connectivity index (χ0n) is 10.6. The summed E-state index contributed by atoms with van der Waals surface area (Å²) in [5.41, 5.74) is 2.50. The van der Waals surface area contributed by atoms with Gasteiger partial charge < -0.3 is 10.2 Å². The summed E-state index contributed by atoms with van der Waals surface area (Å²) in [6.07, 6.45) is 2.04. The maximum Gasteiger partial charge on any atom is 0.239 e. The number of piperidine rings is 1. The van der Waals surface area contributed by atoms with Gasteiger partial charge in [0.05, 0.1) is 6.04 Å². The van der Waals surface area contributed by atoms with Gasteiger partial charge >= 0.3 is 0 Å². The highest BCUT2D eigenvalue weighted by atomic mass is 16.2. The molecule has 1 heterocycles. The first-order chi connectivity index (χ1) is 8.22. The second-order valence-corrected chi connectivity index (χ2v) is 4.67. The molecule has 1 aliphatic heterocycles. The molecule has 1 saturated heterocycles. The van der Waals surface area contributed by atoms with Gasteiger partial charge in [-0.25, -0.2) is 0 Å². The van der Waals surface area contributed by atoms with Crippen molar-refractivity contribution in [2.75, 3.05) is 13.6 Å². The van der Waals surface area contributed by atoms with Crippen LogP contribution in [0, 0.1) is 6.92 Å². The van der Waals surface area contributed by atoms with E-state index in [1.165, 1.54) is 11.1 Å². The predicted molar refractivity (Wildman–Crippen MR) is 68.7 cm³/mol. The Balaban J connectivity index is 2.08. The summed E-state index contributed by atoms with van der Waals surface area (Å²) in [6.45, 7) is 3.72. The van der Waals surface area contributed by atoms with Crippen molar-refractivity contribution in [1.82, 2.24) is 10.2 Å².